The van der Waals surface area contributed by atoms with Gasteiger partial charge in [0.25, 0.3) is 0 Å². The van der Waals surface area contributed by atoms with E-state index in [0.29, 0.717) is 5.82 Å². The minimum Gasteiger partial charge on any atom is -0.235 e. The van der Waals surface area contributed by atoms with Crippen LogP contribution in [0.2, 0.25) is 0 Å². The maximum Gasteiger partial charge on any atom is 0.162 e. The van der Waals surface area contributed by atoms with Gasteiger partial charge in [0.15, 0.2) is 5.82 Å². The quantitative estimate of drug-likeness (QED) is 0.694. The molecule has 0 aliphatic heterocycles. The first-order valence-electron chi connectivity index (χ1n) is 3.88. The van der Waals surface area contributed by atoms with Crippen LogP contribution in [0.3, 0.4) is 0 Å². The first-order valence-corrected chi connectivity index (χ1v) is 3.88. The van der Waals surface area contributed by atoms with Crippen LogP contribution in [0.15, 0.2) is 47.9 Å². The average Bonchev–Trinajstić information content (AvgIpc) is 2.67. The molecule has 0 atom stereocenters. The highest BCUT2D eigenvalue weighted by molar-refractivity contribution is 5.54. The van der Waals surface area contributed by atoms with Gasteiger partial charge in [-0.25, -0.2) is 9.66 Å². The van der Waals surface area contributed by atoms with Crippen molar-refractivity contribution in [2.75, 3.05) is 0 Å². The SMILES string of the molecule is N=Nn1ccnc1-c1ccccc1. The molecule has 2 aromatic rings. The van der Waals surface area contributed by atoms with E-state index in [0.717, 1.165) is 5.56 Å². The summed E-state index contributed by atoms with van der Waals surface area (Å²) in [7, 11) is 0. The number of nitrogens with zero attached hydrogens (tertiary/aromatic N) is 3. The number of aromatic nitrogens is 2. The number of hydrogen-bond donors (Lipinski definition) is 1. The van der Waals surface area contributed by atoms with Crippen molar-refractivity contribution in [3.05, 3.63) is 42.7 Å². The summed E-state index contributed by atoms with van der Waals surface area (Å²) in [5, 5.41) is 3.31. The van der Waals surface area contributed by atoms with E-state index in [9.17, 15) is 0 Å². The van der Waals surface area contributed by atoms with E-state index in [2.05, 4.69) is 10.2 Å². The monoisotopic (exact) mass is 172 g/mol. The molecule has 1 heterocycles. The summed E-state index contributed by atoms with van der Waals surface area (Å²) in [6, 6.07) is 9.67. The fourth-order valence-corrected chi connectivity index (χ4v) is 1.17. The predicted molar refractivity (Wildman–Crippen MR) is 48.2 cm³/mol. The van der Waals surface area contributed by atoms with E-state index in [1.54, 1.807) is 12.4 Å². The van der Waals surface area contributed by atoms with Crippen LogP contribution in [-0.4, -0.2) is 9.66 Å². The Balaban J connectivity index is 2.52. The molecule has 0 radical (unpaired) electrons. The lowest BCUT2D eigenvalue weighted by molar-refractivity contribution is 0.774. The summed E-state index contributed by atoms with van der Waals surface area (Å²) in [5.41, 5.74) is 7.86. The standard InChI is InChI=1S/C9H8N4/c10-12-13-7-6-11-9(13)8-4-2-1-3-5-8/h1-7,10H. The molecule has 0 unspecified atom stereocenters. The summed E-state index contributed by atoms with van der Waals surface area (Å²) >= 11 is 0. The molecule has 0 saturated heterocycles. The molecule has 0 spiro atoms. The Hall–Kier alpha value is -1.97. The zero-order valence-electron chi connectivity index (χ0n) is 6.88. The molecule has 1 N–H and O–H groups in total. The van der Waals surface area contributed by atoms with Crippen LogP contribution < -0.4 is 0 Å². The van der Waals surface area contributed by atoms with Crippen LogP contribution in [0, 0.1) is 5.53 Å². The molecule has 0 amide bonds. The third kappa shape index (κ3) is 1.33. The molecule has 0 fully saturated rings. The van der Waals surface area contributed by atoms with Gasteiger partial charge in [0.2, 0.25) is 0 Å². The molecule has 13 heavy (non-hydrogen) atoms. The summed E-state index contributed by atoms with van der Waals surface area (Å²) in [6.45, 7) is 0. The highest BCUT2D eigenvalue weighted by Crippen LogP contribution is 2.15. The molecule has 4 nitrogen and oxygen atoms in total. The van der Waals surface area contributed by atoms with Crippen molar-refractivity contribution in [3.8, 4) is 11.4 Å². The Morgan fingerprint density at radius 2 is 2.00 bits per heavy atom. The van der Waals surface area contributed by atoms with Gasteiger partial charge in [-0.1, -0.05) is 35.6 Å². The Morgan fingerprint density at radius 3 is 2.69 bits per heavy atom. The Morgan fingerprint density at radius 1 is 1.23 bits per heavy atom. The van der Waals surface area contributed by atoms with Crippen LogP contribution in [0.1, 0.15) is 0 Å². The first kappa shape index (κ1) is 7.67. The molecule has 0 saturated carbocycles. The fourth-order valence-electron chi connectivity index (χ4n) is 1.17. The molecule has 0 aliphatic rings. The zero-order valence-corrected chi connectivity index (χ0v) is 6.88. The van der Waals surface area contributed by atoms with Crippen LogP contribution in [0.25, 0.3) is 11.4 Å². The minimum atomic E-state index is 0.690. The highest BCUT2D eigenvalue weighted by Gasteiger charge is 2.02. The third-order valence-electron chi connectivity index (χ3n) is 1.76. The van der Waals surface area contributed by atoms with Crippen molar-refractivity contribution in [2.45, 2.75) is 0 Å². The maximum absolute atomic E-state index is 6.90. The molecule has 2 rings (SSSR count). The summed E-state index contributed by atoms with van der Waals surface area (Å²) in [6.07, 6.45) is 3.27. The first-order chi connectivity index (χ1) is 6.42. The number of nitrogens with one attached hydrogen (secondary N) is 1. The highest BCUT2D eigenvalue weighted by atomic mass is 15.4. The number of rotatable bonds is 2. The van der Waals surface area contributed by atoms with Gasteiger partial charge in [-0.3, -0.25) is 0 Å². The van der Waals surface area contributed by atoms with Crippen LogP contribution in [-0.2, 0) is 0 Å². The van der Waals surface area contributed by atoms with Gasteiger partial charge in [-0.15, -0.1) is 0 Å². The normalized spacial score (nSPS) is 9.85. The number of hydrogen-bond acceptors (Lipinski definition) is 3. The van der Waals surface area contributed by atoms with E-state index in [1.807, 2.05) is 30.3 Å². The molecule has 4 heteroatoms. The van der Waals surface area contributed by atoms with E-state index in [1.165, 1.54) is 4.68 Å². The lowest BCUT2D eigenvalue weighted by atomic mass is 10.2. The van der Waals surface area contributed by atoms with Crippen molar-refractivity contribution in [1.29, 1.82) is 5.53 Å². The third-order valence-corrected chi connectivity index (χ3v) is 1.76. The van der Waals surface area contributed by atoms with Crippen molar-refractivity contribution in [3.63, 3.8) is 0 Å². The topological polar surface area (TPSA) is 54.0 Å². The Bertz CT molecular complexity index is 405. The van der Waals surface area contributed by atoms with Crippen molar-refractivity contribution >= 4 is 0 Å². The Kier molecular flexibility index (Phi) is 1.88. The smallest absolute Gasteiger partial charge is 0.162 e. The van der Waals surface area contributed by atoms with Crippen molar-refractivity contribution in [1.82, 2.24) is 9.66 Å². The van der Waals surface area contributed by atoms with E-state index < -0.39 is 0 Å². The van der Waals surface area contributed by atoms with Gasteiger partial charge in [-0.2, -0.15) is 5.53 Å². The maximum atomic E-state index is 6.90. The summed E-state index contributed by atoms with van der Waals surface area (Å²) < 4.78 is 1.43. The lowest BCUT2D eigenvalue weighted by Gasteiger charge is -1.98. The van der Waals surface area contributed by atoms with Gasteiger partial charge in [0, 0.05) is 11.8 Å². The van der Waals surface area contributed by atoms with Gasteiger partial charge < -0.3 is 0 Å². The van der Waals surface area contributed by atoms with E-state index >= 15 is 0 Å². The lowest BCUT2D eigenvalue weighted by Crippen LogP contribution is -1.89. The molecular weight excluding hydrogens is 164 g/mol. The molecule has 64 valence electrons. The molecule has 0 bridgehead atoms. The summed E-state index contributed by atoms with van der Waals surface area (Å²) in [4.78, 5) is 4.11. The van der Waals surface area contributed by atoms with Gasteiger partial charge in [0.1, 0.15) is 0 Å². The Labute approximate surface area is 75.3 Å². The van der Waals surface area contributed by atoms with E-state index in [-0.39, 0.29) is 0 Å². The number of benzene rings is 1. The predicted octanol–water partition coefficient (Wildman–Crippen LogP) is 2.34. The van der Waals surface area contributed by atoms with Crippen LogP contribution >= 0.6 is 0 Å². The largest absolute Gasteiger partial charge is 0.235 e. The van der Waals surface area contributed by atoms with Crippen molar-refractivity contribution in [2.24, 2.45) is 5.22 Å². The van der Waals surface area contributed by atoms with E-state index in [4.69, 9.17) is 5.53 Å². The van der Waals surface area contributed by atoms with Crippen molar-refractivity contribution < 1.29 is 0 Å². The number of imidazole rings is 1. The molecule has 1 aromatic carbocycles. The fraction of sp³-hybridized carbons (Fsp3) is 0. The van der Waals surface area contributed by atoms with Gasteiger partial charge >= 0.3 is 0 Å². The molecular formula is C9H8N4. The summed E-state index contributed by atoms with van der Waals surface area (Å²) in [5.74, 6) is 0.690. The van der Waals surface area contributed by atoms with Gasteiger partial charge in [-0.05, 0) is 0 Å². The zero-order chi connectivity index (χ0) is 9.10. The van der Waals surface area contributed by atoms with Gasteiger partial charge in [0.05, 0.1) is 6.20 Å². The van der Waals surface area contributed by atoms with Crippen LogP contribution in [0.5, 0.6) is 0 Å². The second-order valence-corrected chi connectivity index (χ2v) is 2.56. The minimum absolute atomic E-state index is 0.690. The molecule has 0 aliphatic carbocycles. The second-order valence-electron chi connectivity index (χ2n) is 2.56. The van der Waals surface area contributed by atoms with Crippen LogP contribution in [0.4, 0.5) is 0 Å². The molecule has 1 aromatic heterocycles. The average molecular weight is 172 g/mol. The second kappa shape index (κ2) is 3.18.